The fourth-order valence-corrected chi connectivity index (χ4v) is 5.77. The Bertz CT molecular complexity index is 1640. The molecule has 4 aromatic rings. The van der Waals surface area contributed by atoms with Crippen LogP contribution >= 0.6 is 0 Å². The summed E-state index contributed by atoms with van der Waals surface area (Å²) in [7, 11) is 0. The number of nitrogens with zero attached hydrogens (tertiary/aromatic N) is 1. The zero-order chi connectivity index (χ0) is 31.5. The maximum Gasteiger partial charge on any atom is 0.159 e. The summed E-state index contributed by atoms with van der Waals surface area (Å²) in [5.74, 6) is 1.60. The van der Waals surface area contributed by atoms with Crippen molar-refractivity contribution in [2.24, 2.45) is 17.8 Å². The van der Waals surface area contributed by atoms with Gasteiger partial charge in [0, 0.05) is 45.2 Å². The number of aliphatic hydroxyl groups excluding tert-OH is 1. The van der Waals surface area contributed by atoms with Crippen LogP contribution in [0.4, 0.5) is 0 Å². The van der Waals surface area contributed by atoms with Gasteiger partial charge in [-0.25, -0.2) is 0 Å². The van der Waals surface area contributed by atoms with Gasteiger partial charge in [0.05, 0.1) is 5.76 Å². The van der Waals surface area contributed by atoms with Crippen molar-refractivity contribution < 1.29 is 30.0 Å². The molecule has 0 bridgehead atoms. The Morgan fingerprint density at radius 2 is 1.50 bits per heavy atom. The van der Waals surface area contributed by atoms with Crippen molar-refractivity contribution in [1.82, 2.24) is 4.98 Å². The van der Waals surface area contributed by atoms with E-state index in [2.05, 4.69) is 95.3 Å². The Kier molecular flexibility index (Phi) is 11.9. The molecule has 4 heteroatoms. The minimum absolute atomic E-state index is 0. The van der Waals surface area contributed by atoms with E-state index < -0.39 is 0 Å². The largest absolute Gasteiger partial charge is 0.512 e. The van der Waals surface area contributed by atoms with E-state index in [1.807, 2.05) is 33.9 Å². The van der Waals surface area contributed by atoms with Crippen LogP contribution in [0.25, 0.3) is 44.3 Å². The van der Waals surface area contributed by atoms with Crippen molar-refractivity contribution in [1.29, 1.82) is 0 Å². The fourth-order valence-electron chi connectivity index (χ4n) is 5.77. The summed E-state index contributed by atoms with van der Waals surface area (Å²) in [4.78, 5) is 16.1. The predicted octanol–water partition coefficient (Wildman–Crippen LogP) is 10.9. The molecule has 0 saturated heterocycles. The van der Waals surface area contributed by atoms with Crippen molar-refractivity contribution >= 4 is 16.6 Å². The molecule has 3 aromatic carbocycles. The minimum Gasteiger partial charge on any atom is -0.512 e. The van der Waals surface area contributed by atoms with Gasteiger partial charge < -0.3 is 10.1 Å². The molecule has 44 heavy (non-hydrogen) atoms. The van der Waals surface area contributed by atoms with Gasteiger partial charge in [0.15, 0.2) is 5.78 Å². The topological polar surface area (TPSA) is 50.2 Å². The van der Waals surface area contributed by atoms with Gasteiger partial charge in [0.1, 0.15) is 0 Å². The zero-order valence-electron chi connectivity index (χ0n) is 27.8. The number of benzene rings is 3. The minimum atomic E-state index is 0. The predicted molar refractivity (Wildman–Crippen MR) is 182 cm³/mol. The Hall–Kier alpha value is -3.07. The molecule has 5 rings (SSSR count). The van der Waals surface area contributed by atoms with E-state index in [9.17, 15) is 9.90 Å². The SMILES string of the molecule is CC(C)CC(=O)/C=C(\O)CC(C)C.CC(C)Cc1c[c-]c2c(c1)-c1ccccc1-c1cc(C(C)(C)C)cc3ccnc-2c13.[Ir]. The third-order valence-electron chi connectivity index (χ3n) is 7.67. The molecule has 235 valence electrons. The number of carbonyl (C=O) groups excluding carboxylic acids is 1. The molecule has 0 fully saturated rings. The summed E-state index contributed by atoms with van der Waals surface area (Å²) in [6.07, 6.45) is 5.47. The van der Waals surface area contributed by atoms with Crippen molar-refractivity contribution in [2.45, 2.75) is 87.0 Å². The number of ketones is 1. The quantitative estimate of drug-likeness (QED) is 0.102. The third kappa shape index (κ3) is 8.55. The summed E-state index contributed by atoms with van der Waals surface area (Å²) in [6, 6.07) is 23.8. The smallest absolute Gasteiger partial charge is 0.159 e. The number of hydrogen-bond donors (Lipinski definition) is 1. The Morgan fingerprint density at radius 3 is 2.09 bits per heavy atom. The second kappa shape index (κ2) is 14.8. The van der Waals surface area contributed by atoms with Gasteiger partial charge in [0.25, 0.3) is 0 Å². The average Bonchev–Trinajstić information content (AvgIpc) is 3.01. The summed E-state index contributed by atoms with van der Waals surface area (Å²) < 4.78 is 0. The molecule has 0 aliphatic heterocycles. The maximum absolute atomic E-state index is 11.2. The van der Waals surface area contributed by atoms with Crippen molar-refractivity contribution in [3.05, 3.63) is 89.8 Å². The average molecular weight is 767 g/mol. The molecule has 0 spiro atoms. The second-order valence-electron chi connectivity index (χ2n) is 14.3. The van der Waals surface area contributed by atoms with E-state index >= 15 is 0 Å². The first-order valence-corrected chi connectivity index (χ1v) is 15.7. The molecule has 3 nitrogen and oxygen atoms in total. The number of pyridine rings is 1. The first-order valence-electron chi connectivity index (χ1n) is 15.7. The van der Waals surface area contributed by atoms with Crippen molar-refractivity contribution in [2.75, 3.05) is 0 Å². The Labute approximate surface area is 278 Å². The molecule has 1 radical (unpaired) electrons. The molecule has 0 amide bonds. The third-order valence-corrected chi connectivity index (χ3v) is 7.67. The van der Waals surface area contributed by atoms with E-state index in [1.54, 1.807) is 0 Å². The van der Waals surface area contributed by atoms with Crippen LogP contribution in [0.1, 0.15) is 86.3 Å². The van der Waals surface area contributed by atoms with E-state index in [0.717, 1.165) is 17.7 Å². The van der Waals surface area contributed by atoms with E-state index in [1.165, 1.54) is 50.2 Å². The molecule has 1 heterocycles. The van der Waals surface area contributed by atoms with Gasteiger partial charge in [-0.15, -0.1) is 29.3 Å². The molecule has 0 atom stereocenters. The number of fused-ring (bicyclic) bond motifs is 5. The van der Waals surface area contributed by atoms with Crippen LogP contribution < -0.4 is 0 Å². The summed E-state index contributed by atoms with van der Waals surface area (Å²) in [5.41, 5.74) is 10.0. The Balaban J connectivity index is 0.000000324. The normalized spacial score (nSPS) is 12.3. The van der Waals surface area contributed by atoms with Gasteiger partial charge in [0.2, 0.25) is 0 Å². The molecule has 1 aliphatic carbocycles. The van der Waals surface area contributed by atoms with Crippen LogP contribution in [-0.2, 0) is 36.7 Å². The van der Waals surface area contributed by atoms with Gasteiger partial charge in [-0.05, 0) is 56.5 Å². The fraction of sp³-hybridized carbons (Fsp3) is 0.400. The van der Waals surface area contributed by atoms with Gasteiger partial charge >= 0.3 is 0 Å². The van der Waals surface area contributed by atoms with Crippen molar-refractivity contribution in [3.63, 3.8) is 0 Å². The van der Waals surface area contributed by atoms with E-state index in [4.69, 9.17) is 4.98 Å². The summed E-state index contributed by atoms with van der Waals surface area (Å²) in [6.45, 7) is 19.4. The molecule has 1 aromatic heterocycles. The molecular weight excluding hydrogens is 719 g/mol. The van der Waals surface area contributed by atoms with Crippen LogP contribution in [0.2, 0.25) is 0 Å². The van der Waals surface area contributed by atoms with Crippen LogP contribution in [0.5, 0.6) is 0 Å². The number of carbonyl (C=O) groups is 1. The first-order chi connectivity index (χ1) is 20.2. The maximum atomic E-state index is 11.2. The molecule has 1 aliphatic rings. The molecule has 0 unspecified atom stereocenters. The van der Waals surface area contributed by atoms with Crippen LogP contribution in [0, 0.1) is 23.8 Å². The monoisotopic (exact) mass is 767 g/mol. The van der Waals surface area contributed by atoms with E-state index in [0.29, 0.717) is 30.6 Å². The second-order valence-corrected chi connectivity index (χ2v) is 14.3. The molecular formula is C40H48IrNO2-. The van der Waals surface area contributed by atoms with Crippen LogP contribution in [0.15, 0.2) is 72.6 Å². The van der Waals surface area contributed by atoms with Gasteiger partial charge in [-0.2, -0.15) is 0 Å². The van der Waals surface area contributed by atoms with Crippen molar-refractivity contribution in [3.8, 4) is 33.5 Å². The van der Waals surface area contributed by atoms with E-state index in [-0.39, 0.29) is 37.1 Å². The Morgan fingerprint density at radius 1 is 0.864 bits per heavy atom. The summed E-state index contributed by atoms with van der Waals surface area (Å²) in [5, 5.41) is 11.8. The van der Waals surface area contributed by atoms with Gasteiger partial charge in [-0.3, -0.25) is 4.79 Å². The first kappa shape index (κ1) is 35.4. The van der Waals surface area contributed by atoms with Crippen LogP contribution in [0.3, 0.4) is 0 Å². The number of rotatable bonds is 7. The standard InChI is InChI=1S/C29H28N.C11H20O2.Ir/c1-18(2)14-19-10-11-24-25(15-19)22-8-6-7-9-23(22)26-17-21(29(3,4)5)16-20-12-13-30-28(24)27(20)26;1-8(2)5-10(12)7-11(13)6-9(3)4;/h6-10,12-13,15-18H,14H2,1-5H3;7-9,12H,5-6H2,1-4H3;/q-1;;/b;10-7-;. The summed E-state index contributed by atoms with van der Waals surface area (Å²) >= 11 is 0. The number of aromatic nitrogens is 1. The molecule has 1 N–H and O–H groups in total. The van der Waals surface area contributed by atoms with Crippen LogP contribution in [-0.4, -0.2) is 15.9 Å². The molecule has 0 saturated carbocycles. The zero-order valence-corrected chi connectivity index (χ0v) is 30.2. The van der Waals surface area contributed by atoms with Gasteiger partial charge in [-0.1, -0.05) is 122 Å². The number of aliphatic hydroxyl groups is 1. The number of allylic oxidation sites excluding steroid dienone is 2. The number of hydrogen-bond acceptors (Lipinski definition) is 3.